The van der Waals surface area contributed by atoms with Crippen LogP contribution in [0.5, 0.6) is 0 Å². The summed E-state index contributed by atoms with van der Waals surface area (Å²) in [4.78, 5) is 20.6. The molecule has 1 atom stereocenters. The van der Waals surface area contributed by atoms with Crippen molar-refractivity contribution >= 4 is 57.2 Å². The molecule has 0 fully saturated rings. The van der Waals surface area contributed by atoms with Crippen LogP contribution in [0.4, 0.5) is 34.1 Å². The number of hydrogen-bond donors (Lipinski definition) is 0. The van der Waals surface area contributed by atoms with Gasteiger partial charge in [-0.1, -0.05) is 181 Å². The van der Waals surface area contributed by atoms with E-state index < -0.39 is 5.41 Å². The van der Waals surface area contributed by atoms with Gasteiger partial charge < -0.3 is 9.80 Å². The van der Waals surface area contributed by atoms with Crippen molar-refractivity contribution < 1.29 is 0 Å². The monoisotopic (exact) mass is 917 g/mol. The van der Waals surface area contributed by atoms with Crippen LogP contribution in [0.15, 0.2) is 231 Å². The molecule has 1 spiro atoms. The summed E-state index contributed by atoms with van der Waals surface area (Å²) in [6.45, 7) is 4.45. The van der Waals surface area contributed by atoms with Gasteiger partial charge in [0.2, 0.25) is 0 Å². The van der Waals surface area contributed by atoms with Gasteiger partial charge in [-0.25, -0.2) is 15.0 Å². The molecule has 2 aliphatic heterocycles. The van der Waals surface area contributed by atoms with E-state index >= 15 is 0 Å². The zero-order valence-electron chi connectivity index (χ0n) is 39.8. The second-order valence-corrected chi connectivity index (χ2v) is 19.7. The second kappa shape index (κ2) is 15.4. The number of hydrogen-bond acceptors (Lipinski definition) is 5. The van der Waals surface area contributed by atoms with E-state index in [1.54, 1.807) is 0 Å². The standard InChI is InChI=1S/C66H44BN5/c1-41-31-34-58-56(35-41)67-57-39-51-49-28-16-18-30-53(49)66(55(51)40-59(57)72(47-25-13-6-14-26-47)61-37-42(2)36-60(62(61)67)71(58)46-23-11-5-12-24-46)52-29-17-15-27-48(52)50-33-32-45(38-54(50)66)65-69-63(43-19-7-3-8-20-43)68-64(70-65)44-21-9-4-10-22-44/h3-40H,1-2H3. The Morgan fingerprint density at radius 2 is 0.806 bits per heavy atom. The van der Waals surface area contributed by atoms with Crippen LogP contribution in [0.2, 0.25) is 0 Å². The molecule has 4 aliphatic rings. The number of rotatable bonds is 5. The molecule has 336 valence electrons. The van der Waals surface area contributed by atoms with Gasteiger partial charge in [0.25, 0.3) is 6.71 Å². The van der Waals surface area contributed by atoms with E-state index in [1.807, 2.05) is 36.4 Å². The highest BCUT2D eigenvalue weighted by molar-refractivity contribution is 7.00. The summed E-state index contributed by atoms with van der Waals surface area (Å²) in [7, 11) is 0. The quantitative estimate of drug-likeness (QED) is 0.161. The van der Waals surface area contributed by atoms with Gasteiger partial charge in [-0.15, -0.1) is 0 Å². The molecule has 0 radical (unpaired) electrons. The van der Waals surface area contributed by atoms with E-state index in [0.717, 1.165) is 28.1 Å². The third-order valence-electron chi connectivity index (χ3n) is 15.6. The zero-order valence-corrected chi connectivity index (χ0v) is 39.8. The lowest BCUT2D eigenvalue weighted by molar-refractivity contribution is 0.794. The van der Waals surface area contributed by atoms with Crippen molar-refractivity contribution in [1.82, 2.24) is 15.0 Å². The van der Waals surface area contributed by atoms with E-state index in [1.165, 1.54) is 94.8 Å². The summed E-state index contributed by atoms with van der Waals surface area (Å²) in [5.41, 5.74) is 25.8. The first-order valence-corrected chi connectivity index (χ1v) is 24.9. The fraction of sp³-hybridized carbons (Fsp3) is 0.0455. The SMILES string of the molecule is Cc1ccc2c(c1)B1c3cc4c(cc3N(c3ccccc3)c3cc(C)cc(c31)N2c1ccccc1)C1(c2ccccc2-c2ccc(-c3nc(-c5ccccc5)nc(-c5ccccc5)n3)cc21)c1ccccc1-4. The van der Waals surface area contributed by atoms with Crippen LogP contribution < -0.4 is 26.2 Å². The number of aryl methyl sites for hydroxylation is 2. The summed E-state index contributed by atoms with van der Waals surface area (Å²) in [6, 6.07) is 84.5. The summed E-state index contributed by atoms with van der Waals surface area (Å²) in [6.07, 6.45) is 0. The maximum Gasteiger partial charge on any atom is 0.252 e. The van der Waals surface area contributed by atoms with E-state index in [2.05, 4.69) is 218 Å². The lowest BCUT2D eigenvalue weighted by Gasteiger charge is -2.45. The molecule has 0 saturated carbocycles. The molecule has 11 aromatic rings. The van der Waals surface area contributed by atoms with Crippen molar-refractivity contribution in [2.45, 2.75) is 19.3 Å². The minimum absolute atomic E-state index is 0.0225. The zero-order chi connectivity index (χ0) is 47.7. The number of anilines is 6. The van der Waals surface area contributed by atoms with E-state index in [0.29, 0.717) is 17.5 Å². The number of aromatic nitrogens is 3. The lowest BCUT2D eigenvalue weighted by Crippen LogP contribution is -2.61. The summed E-state index contributed by atoms with van der Waals surface area (Å²) in [5.74, 6) is 1.93. The molecule has 2 aliphatic carbocycles. The molecule has 1 unspecified atom stereocenters. The van der Waals surface area contributed by atoms with Gasteiger partial charge in [-0.05, 0) is 135 Å². The Kier molecular flexibility index (Phi) is 8.73. The summed E-state index contributed by atoms with van der Waals surface area (Å²) >= 11 is 0. The largest absolute Gasteiger partial charge is 0.311 e. The first kappa shape index (κ1) is 40.7. The molecule has 15 rings (SSSR count). The molecule has 0 amide bonds. The van der Waals surface area contributed by atoms with Gasteiger partial charge in [-0.2, -0.15) is 0 Å². The van der Waals surface area contributed by atoms with Crippen molar-refractivity contribution in [2.24, 2.45) is 0 Å². The topological polar surface area (TPSA) is 45.2 Å². The molecular weight excluding hydrogens is 874 g/mol. The Morgan fingerprint density at radius 3 is 1.40 bits per heavy atom. The first-order chi connectivity index (χ1) is 35.5. The van der Waals surface area contributed by atoms with Gasteiger partial charge in [-0.3, -0.25) is 0 Å². The van der Waals surface area contributed by atoms with Crippen LogP contribution in [0.1, 0.15) is 33.4 Å². The molecule has 72 heavy (non-hydrogen) atoms. The number of benzene rings is 10. The highest BCUT2D eigenvalue weighted by Gasteiger charge is 2.53. The molecule has 5 nitrogen and oxygen atoms in total. The average Bonchev–Trinajstić information content (AvgIpc) is 3.90. The van der Waals surface area contributed by atoms with E-state index in [-0.39, 0.29) is 6.71 Å². The Hall–Kier alpha value is -9.13. The Morgan fingerprint density at radius 1 is 0.333 bits per heavy atom. The molecule has 10 aromatic carbocycles. The van der Waals surface area contributed by atoms with Gasteiger partial charge in [0.1, 0.15) is 0 Å². The smallest absolute Gasteiger partial charge is 0.252 e. The second-order valence-electron chi connectivity index (χ2n) is 19.7. The minimum atomic E-state index is -0.647. The highest BCUT2D eigenvalue weighted by Crippen LogP contribution is 2.64. The van der Waals surface area contributed by atoms with Crippen LogP contribution in [0.3, 0.4) is 0 Å². The van der Waals surface area contributed by atoms with Crippen LogP contribution in [-0.4, -0.2) is 21.7 Å². The maximum atomic E-state index is 5.25. The van der Waals surface area contributed by atoms with Crippen LogP contribution in [-0.2, 0) is 5.41 Å². The molecule has 6 heteroatoms. The molecule has 1 aromatic heterocycles. The minimum Gasteiger partial charge on any atom is -0.311 e. The van der Waals surface area contributed by atoms with E-state index in [4.69, 9.17) is 15.0 Å². The third-order valence-corrected chi connectivity index (χ3v) is 15.6. The predicted octanol–water partition coefficient (Wildman–Crippen LogP) is 13.9. The van der Waals surface area contributed by atoms with Crippen LogP contribution >= 0.6 is 0 Å². The van der Waals surface area contributed by atoms with Crippen LogP contribution in [0, 0.1) is 13.8 Å². The number of para-hydroxylation sites is 2. The fourth-order valence-corrected chi connectivity index (χ4v) is 12.7. The van der Waals surface area contributed by atoms with Gasteiger partial charge >= 0.3 is 0 Å². The van der Waals surface area contributed by atoms with Crippen LogP contribution in [0.25, 0.3) is 56.4 Å². The van der Waals surface area contributed by atoms with Crippen molar-refractivity contribution in [3.63, 3.8) is 0 Å². The van der Waals surface area contributed by atoms with Crippen molar-refractivity contribution in [3.8, 4) is 56.4 Å². The summed E-state index contributed by atoms with van der Waals surface area (Å²) < 4.78 is 0. The van der Waals surface area contributed by atoms with E-state index in [9.17, 15) is 0 Å². The van der Waals surface area contributed by atoms with Crippen molar-refractivity contribution in [2.75, 3.05) is 9.80 Å². The van der Waals surface area contributed by atoms with Crippen molar-refractivity contribution in [3.05, 3.63) is 264 Å². The average molecular weight is 918 g/mol. The van der Waals surface area contributed by atoms with Gasteiger partial charge in [0, 0.05) is 50.8 Å². The molecular formula is C66H44BN5. The Balaban J connectivity index is 1.02. The molecule has 0 bridgehead atoms. The number of fused-ring (bicyclic) bond motifs is 14. The maximum absolute atomic E-state index is 5.25. The predicted molar refractivity (Wildman–Crippen MR) is 296 cm³/mol. The fourth-order valence-electron chi connectivity index (χ4n) is 12.7. The normalized spacial score (nSPS) is 15.1. The summed E-state index contributed by atoms with van der Waals surface area (Å²) in [5, 5.41) is 0. The first-order valence-electron chi connectivity index (χ1n) is 24.9. The van der Waals surface area contributed by atoms with Gasteiger partial charge in [0.15, 0.2) is 17.5 Å². The molecule has 0 N–H and O–H groups in total. The Bertz CT molecular complexity index is 3970. The lowest BCUT2D eigenvalue weighted by atomic mass is 9.33. The van der Waals surface area contributed by atoms with Crippen molar-refractivity contribution in [1.29, 1.82) is 0 Å². The Labute approximate surface area is 419 Å². The molecule has 0 saturated heterocycles. The third kappa shape index (κ3) is 5.75. The van der Waals surface area contributed by atoms with Gasteiger partial charge in [0.05, 0.1) is 5.41 Å². The highest BCUT2D eigenvalue weighted by atomic mass is 15.2. The molecule has 3 heterocycles. The number of nitrogens with zero attached hydrogens (tertiary/aromatic N) is 5.